The zero-order valence-corrected chi connectivity index (χ0v) is 13.9. The maximum atomic E-state index is 12.6. The lowest BCUT2D eigenvalue weighted by molar-refractivity contribution is 0.0639. The van der Waals surface area contributed by atoms with E-state index >= 15 is 0 Å². The Bertz CT molecular complexity index is 493. The molecule has 0 radical (unpaired) electrons. The lowest BCUT2D eigenvalue weighted by Crippen LogP contribution is -2.35. The first kappa shape index (κ1) is 16.8. The molecule has 0 N–H and O–H groups in total. The van der Waals surface area contributed by atoms with Gasteiger partial charge in [-0.2, -0.15) is 0 Å². The third-order valence-corrected chi connectivity index (χ3v) is 3.82. The number of hydrogen-bond donors (Lipinski definition) is 0. The molecule has 2 rings (SSSR count). The lowest BCUT2D eigenvalue weighted by Gasteiger charge is -2.27. The third kappa shape index (κ3) is 4.47. The summed E-state index contributed by atoms with van der Waals surface area (Å²) in [5.41, 5.74) is 1.67. The van der Waals surface area contributed by atoms with Gasteiger partial charge in [0.15, 0.2) is 0 Å². The van der Waals surface area contributed by atoms with Crippen LogP contribution in [0.1, 0.15) is 56.0 Å². The summed E-state index contributed by atoms with van der Waals surface area (Å²) in [6.45, 7) is 8.77. The third-order valence-electron chi connectivity index (χ3n) is 3.82. The van der Waals surface area contributed by atoms with E-state index in [2.05, 4.69) is 0 Å². The summed E-state index contributed by atoms with van der Waals surface area (Å²) in [7, 11) is 0. The second-order valence-electron chi connectivity index (χ2n) is 5.97. The fraction of sp³-hybridized carbons (Fsp3) is 0.611. The number of carbonyl (C=O) groups excluding carboxylic acids is 1. The van der Waals surface area contributed by atoms with Crippen molar-refractivity contribution in [3.8, 4) is 5.75 Å². The Morgan fingerprint density at radius 3 is 2.59 bits per heavy atom. The number of ether oxygens (including phenoxy) is 2. The monoisotopic (exact) mass is 305 g/mol. The normalized spacial score (nSPS) is 15.2. The van der Waals surface area contributed by atoms with Crippen LogP contribution in [0.4, 0.5) is 0 Å². The van der Waals surface area contributed by atoms with Gasteiger partial charge in [0.25, 0.3) is 5.91 Å². The minimum Gasteiger partial charge on any atom is -0.494 e. The molecule has 0 saturated carbocycles. The van der Waals surface area contributed by atoms with E-state index in [1.165, 1.54) is 6.42 Å². The van der Waals surface area contributed by atoms with Crippen molar-refractivity contribution in [2.75, 3.05) is 19.7 Å². The van der Waals surface area contributed by atoms with Gasteiger partial charge in [-0.15, -0.1) is 0 Å². The van der Waals surface area contributed by atoms with Crippen molar-refractivity contribution in [2.45, 2.75) is 52.7 Å². The highest BCUT2D eigenvalue weighted by molar-refractivity contribution is 5.94. The molecule has 1 aliphatic rings. The van der Waals surface area contributed by atoms with Crippen LogP contribution in [-0.4, -0.2) is 36.6 Å². The Hall–Kier alpha value is -1.55. The molecule has 0 bridgehead atoms. The van der Waals surface area contributed by atoms with Crippen LogP contribution in [-0.2, 0) is 11.3 Å². The molecule has 0 aromatic heterocycles. The fourth-order valence-electron chi connectivity index (χ4n) is 2.66. The smallest absolute Gasteiger partial charge is 0.253 e. The molecule has 4 heteroatoms. The SMILES string of the molecule is CCOc1ccc(C(=O)N2CCCCC2)cc1COC(C)C. The largest absolute Gasteiger partial charge is 0.494 e. The van der Waals surface area contributed by atoms with Gasteiger partial charge in [-0.25, -0.2) is 0 Å². The topological polar surface area (TPSA) is 38.8 Å². The predicted molar refractivity (Wildman–Crippen MR) is 87.3 cm³/mol. The molecule has 22 heavy (non-hydrogen) atoms. The van der Waals surface area contributed by atoms with Crippen molar-refractivity contribution >= 4 is 5.91 Å². The number of piperidine rings is 1. The van der Waals surface area contributed by atoms with E-state index in [4.69, 9.17) is 9.47 Å². The first-order chi connectivity index (χ1) is 10.6. The van der Waals surface area contributed by atoms with Crippen molar-refractivity contribution < 1.29 is 14.3 Å². The second-order valence-corrected chi connectivity index (χ2v) is 5.97. The molecular weight excluding hydrogens is 278 g/mol. The minimum absolute atomic E-state index is 0.119. The zero-order valence-electron chi connectivity index (χ0n) is 13.9. The molecule has 1 saturated heterocycles. The van der Waals surface area contributed by atoms with Crippen LogP contribution in [0.3, 0.4) is 0 Å². The van der Waals surface area contributed by atoms with Gasteiger partial charge in [-0.1, -0.05) is 0 Å². The Morgan fingerprint density at radius 2 is 1.95 bits per heavy atom. The summed E-state index contributed by atoms with van der Waals surface area (Å²) in [6.07, 6.45) is 3.58. The van der Waals surface area contributed by atoms with Gasteiger partial charge in [0.05, 0.1) is 19.3 Å². The quantitative estimate of drug-likeness (QED) is 0.805. The maximum Gasteiger partial charge on any atom is 0.253 e. The molecule has 1 aromatic carbocycles. The molecule has 0 aliphatic carbocycles. The average molecular weight is 305 g/mol. The summed E-state index contributed by atoms with van der Waals surface area (Å²) < 4.78 is 11.3. The Balaban J connectivity index is 2.16. The van der Waals surface area contributed by atoms with Gasteiger partial charge >= 0.3 is 0 Å². The minimum atomic E-state index is 0.119. The highest BCUT2D eigenvalue weighted by Gasteiger charge is 2.19. The van der Waals surface area contributed by atoms with Crippen LogP contribution in [0.2, 0.25) is 0 Å². The fourth-order valence-corrected chi connectivity index (χ4v) is 2.66. The van der Waals surface area contributed by atoms with Crippen molar-refractivity contribution in [1.29, 1.82) is 0 Å². The standard InChI is InChI=1S/C18H27NO3/c1-4-21-17-9-8-15(12-16(17)13-22-14(2)3)18(20)19-10-6-5-7-11-19/h8-9,12,14H,4-7,10-11,13H2,1-3H3. The van der Waals surface area contributed by atoms with Crippen LogP contribution in [0.5, 0.6) is 5.75 Å². The number of amides is 1. The van der Waals surface area contributed by atoms with Gasteiger partial charge < -0.3 is 14.4 Å². The molecule has 1 aromatic rings. The van der Waals surface area contributed by atoms with Crippen molar-refractivity contribution in [2.24, 2.45) is 0 Å². The Kier molecular flexibility index (Phi) is 6.25. The van der Waals surface area contributed by atoms with Crippen LogP contribution >= 0.6 is 0 Å². The number of likely N-dealkylation sites (tertiary alicyclic amines) is 1. The van der Waals surface area contributed by atoms with E-state index in [-0.39, 0.29) is 12.0 Å². The second kappa shape index (κ2) is 8.18. The zero-order chi connectivity index (χ0) is 15.9. The van der Waals surface area contributed by atoms with E-state index in [1.54, 1.807) is 0 Å². The summed E-state index contributed by atoms with van der Waals surface area (Å²) in [6, 6.07) is 5.67. The highest BCUT2D eigenvalue weighted by Crippen LogP contribution is 2.23. The Labute approximate surface area is 133 Å². The summed E-state index contributed by atoms with van der Waals surface area (Å²) in [5, 5.41) is 0. The first-order valence-electron chi connectivity index (χ1n) is 8.28. The molecule has 122 valence electrons. The van der Waals surface area contributed by atoms with Crippen LogP contribution in [0, 0.1) is 0 Å². The number of benzene rings is 1. The van der Waals surface area contributed by atoms with Gasteiger partial charge in [-0.05, 0) is 58.2 Å². The molecule has 0 spiro atoms. The maximum absolute atomic E-state index is 12.6. The van der Waals surface area contributed by atoms with Crippen LogP contribution < -0.4 is 4.74 Å². The lowest BCUT2D eigenvalue weighted by atomic mass is 10.1. The Morgan fingerprint density at radius 1 is 1.23 bits per heavy atom. The van der Waals surface area contributed by atoms with E-state index in [0.29, 0.717) is 13.2 Å². The molecule has 1 amide bonds. The van der Waals surface area contributed by atoms with E-state index in [0.717, 1.165) is 42.8 Å². The molecule has 0 unspecified atom stereocenters. The number of nitrogens with zero attached hydrogens (tertiary/aromatic N) is 1. The van der Waals surface area contributed by atoms with Gasteiger partial charge in [0.1, 0.15) is 5.75 Å². The molecule has 1 aliphatic heterocycles. The molecular formula is C18H27NO3. The molecule has 4 nitrogen and oxygen atoms in total. The van der Waals surface area contributed by atoms with Crippen LogP contribution in [0.15, 0.2) is 18.2 Å². The number of hydrogen-bond acceptors (Lipinski definition) is 3. The predicted octanol–water partition coefficient (Wildman–Crippen LogP) is 3.64. The first-order valence-corrected chi connectivity index (χ1v) is 8.28. The summed E-state index contributed by atoms with van der Waals surface area (Å²) >= 11 is 0. The average Bonchev–Trinajstić information content (AvgIpc) is 2.54. The number of carbonyl (C=O) groups is 1. The van der Waals surface area contributed by atoms with Crippen molar-refractivity contribution in [1.82, 2.24) is 4.90 Å². The van der Waals surface area contributed by atoms with Crippen LogP contribution in [0.25, 0.3) is 0 Å². The van der Waals surface area contributed by atoms with E-state index in [9.17, 15) is 4.79 Å². The van der Waals surface area contributed by atoms with Crippen molar-refractivity contribution in [3.05, 3.63) is 29.3 Å². The molecule has 1 heterocycles. The van der Waals surface area contributed by atoms with Gasteiger partial charge in [-0.3, -0.25) is 4.79 Å². The molecule has 0 atom stereocenters. The molecule has 1 fully saturated rings. The summed E-state index contributed by atoms with van der Waals surface area (Å²) in [5.74, 6) is 0.923. The highest BCUT2D eigenvalue weighted by atomic mass is 16.5. The van der Waals surface area contributed by atoms with Gasteiger partial charge in [0, 0.05) is 24.2 Å². The van der Waals surface area contributed by atoms with Crippen molar-refractivity contribution in [3.63, 3.8) is 0 Å². The summed E-state index contributed by atoms with van der Waals surface area (Å²) in [4.78, 5) is 14.6. The van der Waals surface area contributed by atoms with Gasteiger partial charge in [0.2, 0.25) is 0 Å². The van der Waals surface area contributed by atoms with E-state index < -0.39 is 0 Å². The number of rotatable bonds is 6. The van der Waals surface area contributed by atoms with E-state index in [1.807, 2.05) is 43.9 Å².